The van der Waals surface area contributed by atoms with Crippen LogP contribution in [0.3, 0.4) is 0 Å². The topological polar surface area (TPSA) is 96.0 Å². The molecule has 0 atom stereocenters. The number of hydrogen-bond donors (Lipinski definition) is 2. The van der Waals surface area contributed by atoms with E-state index in [9.17, 15) is 8.42 Å². The zero-order valence-corrected chi connectivity index (χ0v) is 12.2. The molecule has 1 aliphatic rings. The molecule has 2 rings (SSSR count). The number of oxime groups is 1. The number of rotatable bonds is 3. The van der Waals surface area contributed by atoms with Gasteiger partial charge in [-0.1, -0.05) is 23.4 Å². The number of amidine groups is 1. The van der Waals surface area contributed by atoms with Crippen LogP contribution in [0.4, 0.5) is 0 Å². The molecule has 7 heteroatoms. The summed E-state index contributed by atoms with van der Waals surface area (Å²) >= 11 is 0. The minimum absolute atomic E-state index is 0.0525. The maximum Gasteiger partial charge on any atom is 0.243 e. The van der Waals surface area contributed by atoms with E-state index >= 15 is 0 Å². The smallest absolute Gasteiger partial charge is 0.243 e. The molecule has 0 aliphatic carbocycles. The molecule has 1 saturated heterocycles. The van der Waals surface area contributed by atoms with Crippen molar-refractivity contribution in [3.8, 4) is 0 Å². The van der Waals surface area contributed by atoms with Crippen molar-refractivity contribution in [2.24, 2.45) is 16.8 Å². The van der Waals surface area contributed by atoms with Crippen LogP contribution in [-0.2, 0) is 10.0 Å². The number of benzene rings is 1. The van der Waals surface area contributed by atoms with E-state index in [-0.39, 0.29) is 11.8 Å². The van der Waals surface area contributed by atoms with Crippen molar-refractivity contribution in [3.05, 3.63) is 29.8 Å². The summed E-state index contributed by atoms with van der Waals surface area (Å²) < 4.78 is 26.6. The predicted molar refractivity (Wildman–Crippen MR) is 76.1 cm³/mol. The van der Waals surface area contributed by atoms with Gasteiger partial charge in [-0.05, 0) is 31.4 Å². The molecule has 0 unspecified atom stereocenters. The molecule has 0 amide bonds. The Balaban J connectivity index is 2.16. The van der Waals surface area contributed by atoms with Crippen molar-refractivity contribution in [3.63, 3.8) is 0 Å². The second kappa shape index (κ2) is 5.80. The van der Waals surface area contributed by atoms with Crippen LogP contribution in [0.25, 0.3) is 0 Å². The largest absolute Gasteiger partial charge is 0.409 e. The Kier molecular flexibility index (Phi) is 4.29. The second-order valence-electron chi connectivity index (χ2n) is 4.97. The molecule has 0 saturated carbocycles. The molecule has 20 heavy (non-hydrogen) atoms. The van der Waals surface area contributed by atoms with Crippen molar-refractivity contribution < 1.29 is 13.6 Å². The Morgan fingerprint density at radius 2 is 1.95 bits per heavy atom. The van der Waals surface area contributed by atoms with Crippen LogP contribution in [0, 0.1) is 12.8 Å². The normalized spacial score (nSPS) is 19.1. The fourth-order valence-electron chi connectivity index (χ4n) is 2.46. The number of sulfonamides is 1. The van der Waals surface area contributed by atoms with E-state index in [1.54, 1.807) is 25.1 Å². The number of nitrogens with two attached hydrogens (primary N) is 1. The van der Waals surface area contributed by atoms with Crippen molar-refractivity contribution in [2.45, 2.75) is 24.7 Å². The molecule has 0 radical (unpaired) electrons. The first-order chi connectivity index (χ1) is 9.46. The molecule has 1 aromatic carbocycles. The van der Waals surface area contributed by atoms with Gasteiger partial charge >= 0.3 is 0 Å². The van der Waals surface area contributed by atoms with Crippen LogP contribution in [0.2, 0.25) is 0 Å². The summed E-state index contributed by atoms with van der Waals surface area (Å²) in [7, 11) is -3.46. The molecule has 6 nitrogen and oxygen atoms in total. The van der Waals surface area contributed by atoms with Gasteiger partial charge in [-0.25, -0.2) is 8.42 Å². The van der Waals surface area contributed by atoms with E-state index in [0.717, 1.165) is 5.56 Å². The van der Waals surface area contributed by atoms with E-state index in [0.29, 0.717) is 30.8 Å². The fraction of sp³-hybridized carbons (Fsp3) is 0.462. The van der Waals surface area contributed by atoms with Crippen LogP contribution in [0.1, 0.15) is 18.4 Å². The Morgan fingerprint density at radius 1 is 1.35 bits per heavy atom. The first-order valence-corrected chi connectivity index (χ1v) is 7.94. The number of aryl methyl sites for hydroxylation is 1. The molecule has 1 aliphatic heterocycles. The first kappa shape index (κ1) is 14.8. The van der Waals surface area contributed by atoms with Gasteiger partial charge in [0, 0.05) is 19.0 Å². The highest BCUT2D eigenvalue weighted by Gasteiger charge is 2.31. The molecule has 1 fully saturated rings. The van der Waals surface area contributed by atoms with Gasteiger partial charge in [-0.2, -0.15) is 4.31 Å². The summed E-state index contributed by atoms with van der Waals surface area (Å²) in [6, 6.07) is 6.96. The maximum atomic E-state index is 12.6. The van der Waals surface area contributed by atoms with Gasteiger partial charge in [0.05, 0.1) is 4.90 Å². The zero-order chi connectivity index (χ0) is 14.8. The number of piperidine rings is 1. The van der Waals surface area contributed by atoms with Crippen molar-refractivity contribution >= 4 is 15.9 Å². The third kappa shape index (κ3) is 2.78. The monoisotopic (exact) mass is 297 g/mol. The summed E-state index contributed by atoms with van der Waals surface area (Å²) in [5.74, 6) is 0.126. The quantitative estimate of drug-likeness (QED) is 0.378. The van der Waals surface area contributed by atoms with E-state index in [4.69, 9.17) is 10.9 Å². The lowest BCUT2D eigenvalue weighted by molar-refractivity contribution is 0.291. The highest BCUT2D eigenvalue weighted by atomic mass is 32.2. The molecule has 3 N–H and O–H groups in total. The highest BCUT2D eigenvalue weighted by Crippen LogP contribution is 2.25. The lowest BCUT2D eigenvalue weighted by Crippen LogP contribution is -2.41. The lowest BCUT2D eigenvalue weighted by Gasteiger charge is -2.30. The van der Waals surface area contributed by atoms with Gasteiger partial charge in [-0.3, -0.25) is 0 Å². The Bertz CT molecular complexity index is 605. The first-order valence-electron chi connectivity index (χ1n) is 6.50. The average molecular weight is 297 g/mol. The summed E-state index contributed by atoms with van der Waals surface area (Å²) in [5.41, 5.74) is 6.31. The average Bonchev–Trinajstić information content (AvgIpc) is 2.47. The molecule has 0 aromatic heterocycles. The van der Waals surface area contributed by atoms with Crippen LogP contribution in [0.15, 0.2) is 34.3 Å². The minimum atomic E-state index is -3.46. The van der Waals surface area contributed by atoms with Crippen LogP contribution >= 0.6 is 0 Å². The van der Waals surface area contributed by atoms with Gasteiger partial charge in [0.1, 0.15) is 5.84 Å². The number of hydrogen-bond acceptors (Lipinski definition) is 4. The van der Waals surface area contributed by atoms with Gasteiger partial charge in [0.25, 0.3) is 0 Å². The SMILES string of the molecule is Cc1ccccc1S(=O)(=O)N1CCC(C(N)=NO)CC1. The minimum Gasteiger partial charge on any atom is -0.409 e. The highest BCUT2D eigenvalue weighted by molar-refractivity contribution is 7.89. The molecular weight excluding hydrogens is 278 g/mol. The van der Waals surface area contributed by atoms with Crippen LogP contribution < -0.4 is 5.73 Å². The predicted octanol–water partition coefficient (Wildman–Crippen LogP) is 1.14. The molecule has 1 aromatic rings. The Labute approximate surface area is 118 Å². The summed E-state index contributed by atoms with van der Waals surface area (Å²) in [6.45, 7) is 2.56. The molecule has 1 heterocycles. The Hall–Kier alpha value is -1.60. The van der Waals surface area contributed by atoms with Gasteiger partial charge in [-0.15, -0.1) is 0 Å². The number of nitrogens with zero attached hydrogens (tertiary/aromatic N) is 2. The second-order valence-corrected chi connectivity index (χ2v) is 6.88. The van der Waals surface area contributed by atoms with Crippen molar-refractivity contribution in [2.75, 3.05) is 13.1 Å². The van der Waals surface area contributed by atoms with E-state index in [1.165, 1.54) is 4.31 Å². The van der Waals surface area contributed by atoms with Crippen LogP contribution in [-0.4, -0.2) is 36.9 Å². The molecule has 110 valence electrons. The van der Waals surface area contributed by atoms with Gasteiger partial charge in [0.15, 0.2) is 0 Å². The standard InChI is InChI=1S/C13H19N3O3S/c1-10-4-2-3-5-12(10)20(18,19)16-8-6-11(7-9-16)13(14)15-17/h2-5,11,17H,6-9H2,1H3,(H2,14,15). The van der Waals surface area contributed by atoms with Gasteiger partial charge in [0.2, 0.25) is 10.0 Å². The van der Waals surface area contributed by atoms with E-state index in [2.05, 4.69) is 5.16 Å². The Morgan fingerprint density at radius 3 is 2.50 bits per heavy atom. The lowest BCUT2D eigenvalue weighted by atomic mass is 9.97. The molecule has 0 spiro atoms. The summed E-state index contributed by atoms with van der Waals surface area (Å²) in [6.07, 6.45) is 1.14. The molecular formula is C13H19N3O3S. The van der Waals surface area contributed by atoms with E-state index in [1.807, 2.05) is 6.07 Å². The zero-order valence-electron chi connectivity index (χ0n) is 11.4. The van der Waals surface area contributed by atoms with Crippen LogP contribution in [0.5, 0.6) is 0 Å². The van der Waals surface area contributed by atoms with Crippen molar-refractivity contribution in [1.29, 1.82) is 0 Å². The van der Waals surface area contributed by atoms with Crippen molar-refractivity contribution in [1.82, 2.24) is 4.31 Å². The fourth-order valence-corrected chi connectivity index (χ4v) is 4.15. The van der Waals surface area contributed by atoms with E-state index < -0.39 is 10.0 Å². The third-order valence-corrected chi connectivity index (χ3v) is 5.76. The summed E-state index contributed by atoms with van der Waals surface area (Å²) in [5, 5.41) is 11.7. The molecule has 0 bridgehead atoms. The third-order valence-electron chi connectivity index (χ3n) is 3.70. The summed E-state index contributed by atoms with van der Waals surface area (Å²) in [4.78, 5) is 0.349. The maximum absolute atomic E-state index is 12.6. The van der Waals surface area contributed by atoms with Gasteiger partial charge < -0.3 is 10.9 Å².